The third-order valence-electron chi connectivity index (χ3n) is 3.87. The van der Waals surface area contributed by atoms with E-state index in [0.29, 0.717) is 18.5 Å². The lowest BCUT2D eigenvalue weighted by Gasteiger charge is -2.33. The van der Waals surface area contributed by atoms with Gasteiger partial charge in [-0.2, -0.15) is 0 Å². The van der Waals surface area contributed by atoms with Gasteiger partial charge in [0.1, 0.15) is 0 Å². The zero-order valence-corrected chi connectivity index (χ0v) is 12.0. The number of phenolic OH excluding ortho intramolecular Hbond substituents is 2. The minimum absolute atomic E-state index is 0.0863. The van der Waals surface area contributed by atoms with E-state index in [2.05, 4.69) is 4.99 Å². The Morgan fingerprint density at radius 2 is 2.14 bits per heavy atom. The fourth-order valence-corrected chi connectivity index (χ4v) is 2.77. The van der Waals surface area contributed by atoms with Crippen molar-refractivity contribution in [3.05, 3.63) is 59.3 Å². The zero-order chi connectivity index (χ0) is 15.5. The van der Waals surface area contributed by atoms with Crippen molar-refractivity contribution in [2.45, 2.75) is 18.6 Å². The highest BCUT2D eigenvalue weighted by atomic mass is 16.5. The maximum atomic E-state index is 10.2. The summed E-state index contributed by atoms with van der Waals surface area (Å²) in [6.45, 7) is 0.308. The molecule has 0 fully saturated rings. The van der Waals surface area contributed by atoms with Crippen LogP contribution in [0.25, 0.3) is 0 Å². The quantitative estimate of drug-likeness (QED) is 0.730. The summed E-state index contributed by atoms with van der Waals surface area (Å²) in [4.78, 5) is 4.03. The minimum Gasteiger partial charge on any atom is -0.504 e. The lowest BCUT2D eigenvalue weighted by atomic mass is 9.89. The standard InChI is InChI=1S/C17H18N2O3/c18-10-16-12-5-6-14(20)17(21)13(12)9-15(22-16)11-3-1-7-19-8-2-4-11/h1-8,15-16,20-21H,9-10,18H2/b3-1?,4-2?,7-1-,8-2?,11-3?,11-4?,19-7?,19-8?. The van der Waals surface area contributed by atoms with Crippen LogP contribution in [0.15, 0.2) is 53.2 Å². The SMILES string of the molecule is NCC1OC(C2=C/C=C\N=CC=C2)Cc2c1ccc(O)c2O. The Bertz CT molecular complexity index is 689. The average Bonchev–Trinajstić information content (AvgIpc) is 2.50. The van der Waals surface area contributed by atoms with Crippen molar-refractivity contribution in [1.82, 2.24) is 0 Å². The van der Waals surface area contributed by atoms with Gasteiger partial charge in [0.15, 0.2) is 11.5 Å². The van der Waals surface area contributed by atoms with Crippen LogP contribution < -0.4 is 5.73 Å². The average molecular weight is 298 g/mol. The third kappa shape index (κ3) is 2.68. The summed E-state index contributed by atoms with van der Waals surface area (Å²) in [5, 5.41) is 19.9. The van der Waals surface area contributed by atoms with Gasteiger partial charge in [0, 0.05) is 30.9 Å². The van der Waals surface area contributed by atoms with Gasteiger partial charge < -0.3 is 20.7 Å². The van der Waals surface area contributed by atoms with Gasteiger partial charge in [0.05, 0.1) is 12.2 Å². The predicted molar refractivity (Wildman–Crippen MR) is 85.0 cm³/mol. The van der Waals surface area contributed by atoms with Gasteiger partial charge in [0.25, 0.3) is 0 Å². The number of fused-ring (bicyclic) bond motifs is 1. The number of rotatable bonds is 2. The molecule has 1 aromatic carbocycles. The van der Waals surface area contributed by atoms with Gasteiger partial charge in [-0.25, -0.2) is 0 Å². The summed E-state index contributed by atoms with van der Waals surface area (Å²) >= 11 is 0. The summed E-state index contributed by atoms with van der Waals surface area (Å²) in [5.74, 6) is -0.207. The molecule has 1 aromatic rings. The van der Waals surface area contributed by atoms with Gasteiger partial charge in [0.2, 0.25) is 0 Å². The minimum atomic E-state index is -0.308. The summed E-state index contributed by atoms with van der Waals surface area (Å²) in [5.41, 5.74) is 8.31. The Hall–Kier alpha value is -2.37. The molecule has 2 heterocycles. The lowest BCUT2D eigenvalue weighted by molar-refractivity contribution is 0.000290. The van der Waals surface area contributed by atoms with Crippen molar-refractivity contribution >= 4 is 6.21 Å². The number of phenols is 2. The van der Waals surface area contributed by atoms with Crippen LogP contribution in [0.2, 0.25) is 0 Å². The maximum Gasteiger partial charge on any atom is 0.161 e. The molecule has 114 valence electrons. The van der Waals surface area contributed by atoms with E-state index >= 15 is 0 Å². The summed E-state index contributed by atoms with van der Waals surface area (Å²) < 4.78 is 6.08. The van der Waals surface area contributed by atoms with Crippen molar-refractivity contribution in [2.75, 3.05) is 6.54 Å². The molecular weight excluding hydrogens is 280 g/mol. The van der Waals surface area contributed by atoms with Crippen LogP contribution in [0.3, 0.4) is 0 Å². The second-order valence-electron chi connectivity index (χ2n) is 5.22. The molecule has 0 saturated carbocycles. The summed E-state index contributed by atoms with van der Waals surface area (Å²) in [6, 6.07) is 3.22. The first kappa shape index (κ1) is 14.6. The molecule has 2 unspecified atom stereocenters. The Morgan fingerprint density at radius 3 is 2.95 bits per heavy atom. The number of hydrogen-bond acceptors (Lipinski definition) is 5. The van der Waals surface area contributed by atoms with Crippen LogP contribution in [-0.4, -0.2) is 29.1 Å². The Labute approximate surface area is 128 Å². The molecule has 4 N–H and O–H groups in total. The number of ether oxygens (including phenoxy) is 1. The van der Waals surface area contributed by atoms with E-state index in [1.165, 1.54) is 6.07 Å². The van der Waals surface area contributed by atoms with Gasteiger partial charge in [-0.05, 0) is 29.4 Å². The normalized spacial score (nSPS) is 25.0. The van der Waals surface area contributed by atoms with Gasteiger partial charge >= 0.3 is 0 Å². The molecule has 0 bridgehead atoms. The Kier molecular flexibility index (Phi) is 4.09. The number of allylic oxidation sites excluding steroid dienone is 3. The molecule has 3 rings (SSSR count). The first-order valence-corrected chi connectivity index (χ1v) is 7.16. The molecular formula is C17H18N2O3. The molecule has 2 atom stereocenters. The third-order valence-corrected chi connectivity index (χ3v) is 3.87. The van der Waals surface area contributed by atoms with Gasteiger partial charge in [-0.3, -0.25) is 4.99 Å². The summed E-state index contributed by atoms with van der Waals surface area (Å²) in [6.07, 6.45) is 10.9. The van der Waals surface area contributed by atoms with Crippen molar-refractivity contribution in [3.8, 4) is 11.5 Å². The molecule has 2 aliphatic rings. The van der Waals surface area contributed by atoms with E-state index < -0.39 is 0 Å². The van der Waals surface area contributed by atoms with Crippen molar-refractivity contribution in [3.63, 3.8) is 0 Å². The maximum absolute atomic E-state index is 10.2. The highest BCUT2D eigenvalue weighted by Crippen LogP contribution is 2.41. The van der Waals surface area contributed by atoms with E-state index in [0.717, 1.165) is 11.1 Å². The first-order valence-electron chi connectivity index (χ1n) is 7.16. The smallest absolute Gasteiger partial charge is 0.161 e. The monoisotopic (exact) mass is 298 g/mol. The van der Waals surface area contributed by atoms with Gasteiger partial charge in [-0.15, -0.1) is 0 Å². The number of nitrogens with zero attached hydrogens (tertiary/aromatic N) is 1. The molecule has 0 amide bonds. The molecule has 2 aliphatic heterocycles. The number of nitrogens with two attached hydrogens (primary N) is 1. The number of hydrogen-bond donors (Lipinski definition) is 3. The molecule has 0 radical (unpaired) electrons. The van der Waals surface area contributed by atoms with Crippen molar-refractivity contribution in [2.24, 2.45) is 10.7 Å². The number of aromatic hydroxyl groups is 2. The molecule has 0 aromatic heterocycles. The molecule has 5 nitrogen and oxygen atoms in total. The second-order valence-corrected chi connectivity index (χ2v) is 5.22. The van der Waals surface area contributed by atoms with E-state index in [-0.39, 0.29) is 23.7 Å². The number of aliphatic imine (C=N–C) groups is 1. The largest absolute Gasteiger partial charge is 0.504 e. The van der Waals surface area contributed by atoms with E-state index in [9.17, 15) is 10.2 Å². The number of benzene rings is 1. The highest BCUT2D eigenvalue weighted by molar-refractivity contribution is 5.73. The van der Waals surface area contributed by atoms with E-state index in [1.807, 2.05) is 24.3 Å². The lowest BCUT2D eigenvalue weighted by Crippen LogP contribution is -2.31. The Morgan fingerprint density at radius 1 is 1.27 bits per heavy atom. The molecule has 22 heavy (non-hydrogen) atoms. The van der Waals surface area contributed by atoms with E-state index in [4.69, 9.17) is 10.5 Å². The van der Waals surface area contributed by atoms with Gasteiger partial charge in [-0.1, -0.05) is 18.2 Å². The molecule has 5 heteroatoms. The zero-order valence-electron chi connectivity index (χ0n) is 12.0. The van der Waals surface area contributed by atoms with E-state index in [1.54, 1.807) is 18.5 Å². The highest BCUT2D eigenvalue weighted by Gasteiger charge is 2.31. The Balaban J connectivity index is 1.98. The predicted octanol–water partition coefficient (Wildman–Crippen LogP) is 2.12. The van der Waals surface area contributed by atoms with Crippen LogP contribution in [-0.2, 0) is 11.2 Å². The molecule has 0 saturated heterocycles. The van der Waals surface area contributed by atoms with Crippen LogP contribution in [0.4, 0.5) is 0 Å². The first-order chi connectivity index (χ1) is 10.7. The van der Waals surface area contributed by atoms with Crippen molar-refractivity contribution < 1.29 is 14.9 Å². The van der Waals surface area contributed by atoms with Crippen LogP contribution >= 0.6 is 0 Å². The topological polar surface area (TPSA) is 88.1 Å². The van der Waals surface area contributed by atoms with Crippen LogP contribution in [0, 0.1) is 0 Å². The second kappa shape index (κ2) is 6.17. The van der Waals surface area contributed by atoms with Crippen LogP contribution in [0.5, 0.6) is 11.5 Å². The molecule has 0 spiro atoms. The fourth-order valence-electron chi connectivity index (χ4n) is 2.77. The molecule has 0 aliphatic carbocycles. The van der Waals surface area contributed by atoms with Crippen LogP contribution in [0.1, 0.15) is 17.2 Å². The summed E-state index contributed by atoms with van der Waals surface area (Å²) in [7, 11) is 0. The fraction of sp³-hybridized carbons (Fsp3) is 0.235. The van der Waals surface area contributed by atoms with Crippen molar-refractivity contribution in [1.29, 1.82) is 0 Å².